The maximum atomic E-state index is 12.4. The highest BCUT2D eigenvalue weighted by molar-refractivity contribution is 7.47. The van der Waals surface area contributed by atoms with E-state index in [1.807, 2.05) is 0 Å². The highest BCUT2D eigenvalue weighted by atomic mass is 31.2. The van der Waals surface area contributed by atoms with Crippen LogP contribution < -0.4 is 0 Å². The summed E-state index contributed by atoms with van der Waals surface area (Å²) in [6.45, 7) is 3.85. The van der Waals surface area contributed by atoms with Gasteiger partial charge in [0, 0.05) is 20.0 Å². The molecule has 0 bridgehead atoms. The van der Waals surface area contributed by atoms with Crippen LogP contribution in [0.4, 0.5) is 0 Å². The smallest absolute Gasteiger partial charge is 0.462 e. The molecule has 1 N–H and O–H groups in total. The van der Waals surface area contributed by atoms with Gasteiger partial charge in [-0.05, 0) is 64.2 Å². The third-order valence-electron chi connectivity index (χ3n) is 8.17. The van der Waals surface area contributed by atoms with Gasteiger partial charge in [0.05, 0.1) is 6.61 Å². The van der Waals surface area contributed by atoms with Crippen molar-refractivity contribution in [2.24, 2.45) is 0 Å². The van der Waals surface area contributed by atoms with E-state index in [4.69, 9.17) is 14.0 Å². The van der Waals surface area contributed by atoms with Crippen LogP contribution >= 0.6 is 7.82 Å². The number of carbonyl (C=O) groups excluding carboxylic acids is 2. The van der Waals surface area contributed by atoms with Gasteiger partial charge in [-0.1, -0.05) is 128 Å². The van der Waals surface area contributed by atoms with Crippen LogP contribution in [0.15, 0.2) is 24.3 Å². The standard InChI is InChI=1S/C38H71O8P/c1-4-6-8-10-12-14-16-18-20-22-24-26-28-30-32-37(39)44-34-36(35-45-47(41,42)43-3)46-38(40)33-31-29-27-25-23-21-19-17-15-13-11-9-7-5-2/h16-19,36H,4-15,20-35H2,1-3H3,(H,41,42)/b18-16-,19-17-. The molecule has 0 heterocycles. The Morgan fingerprint density at radius 3 is 1.38 bits per heavy atom. The first-order valence-electron chi connectivity index (χ1n) is 19.0. The zero-order chi connectivity index (χ0) is 34.7. The molecule has 9 heteroatoms. The van der Waals surface area contributed by atoms with E-state index < -0.39 is 26.5 Å². The predicted octanol–water partition coefficient (Wildman–Crippen LogP) is 11.5. The minimum atomic E-state index is -4.26. The first-order valence-corrected chi connectivity index (χ1v) is 20.5. The predicted molar refractivity (Wildman–Crippen MR) is 193 cm³/mol. The summed E-state index contributed by atoms with van der Waals surface area (Å²) >= 11 is 0. The molecule has 0 aliphatic heterocycles. The number of carbonyl (C=O) groups is 2. The number of ether oxygens (including phenoxy) is 2. The number of rotatable bonds is 35. The molecule has 0 aromatic heterocycles. The largest absolute Gasteiger partial charge is 0.472 e. The van der Waals surface area contributed by atoms with Gasteiger partial charge in [-0.2, -0.15) is 0 Å². The van der Waals surface area contributed by atoms with Crippen LogP contribution in [0.25, 0.3) is 0 Å². The Bertz CT molecular complexity index is 829. The molecule has 0 fully saturated rings. The summed E-state index contributed by atoms with van der Waals surface area (Å²) in [7, 11) is -3.20. The fourth-order valence-corrected chi connectivity index (χ4v) is 5.64. The van der Waals surface area contributed by atoms with Gasteiger partial charge in [-0.25, -0.2) is 4.57 Å². The topological polar surface area (TPSA) is 108 Å². The van der Waals surface area contributed by atoms with Crippen molar-refractivity contribution in [3.8, 4) is 0 Å². The number of phosphoric acid groups is 1. The highest BCUT2D eigenvalue weighted by Gasteiger charge is 2.24. The van der Waals surface area contributed by atoms with Crippen LogP contribution in [-0.2, 0) is 32.7 Å². The molecule has 0 saturated heterocycles. The summed E-state index contributed by atoms with van der Waals surface area (Å²) in [4.78, 5) is 34.3. The van der Waals surface area contributed by atoms with Gasteiger partial charge in [0.2, 0.25) is 0 Å². The average molecular weight is 687 g/mol. The Morgan fingerprint density at radius 2 is 0.957 bits per heavy atom. The highest BCUT2D eigenvalue weighted by Crippen LogP contribution is 2.42. The van der Waals surface area contributed by atoms with Crippen molar-refractivity contribution in [2.45, 2.75) is 187 Å². The van der Waals surface area contributed by atoms with Crippen molar-refractivity contribution in [3.63, 3.8) is 0 Å². The molecule has 0 rings (SSSR count). The van der Waals surface area contributed by atoms with Crippen molar-refractivity contribution < 1.29 is 37.6 Å². The van der Waals surface area contributed by atoms with Crippen molar-refractivity contribution in [3.05, 3.63) is 24.3 Å². The quantitative estimate of drug-likeness (QED) is 0.0304. The molecule has 0 aliphatic rings. The molecule has 47 heavy (non-hydrogen) atoms. The van der Waals surface area contributed by atoms with E-state index in [9.17, 15) is 19.0 Å². The van der Waals surface area contributed by atoms with Gasteiger partial charge < -0.3 is 14.4 Å². The average Bonchev–Trinajstić information content (AvgIpc) is 3.06. The van der Waals surface area contributed by atoms with Crippen molar-refractivity contribution in [1.82, 2.24) is 0 Å². The number of phosphoric ester groups is 1. The zero-order valence-corrected chi connectivity index (χ0v) is 31.3. The maximum Gasteiger partial charge on any atom is 0.472 e. The Morgan fingerprint density at radius 1 is 0.574 bits per heavy atom. The fraction of sp³-hybridized carbons (Fsp3) is 0.842. The number of hydrogen-bond acceptors (Lipinski definition) is 7. The van der Waals surface area contributed by atoms with Crippen LogP contribution in [0, 0.1) is 0 Å². The van der Waals surface area contributed by atoms with Crippen LogP contribution in [0.5, 0.6) is 0 Å². The number of allylic oxidation sites excluding steroid dienone is 4. The molecule has 8 nitrogen and oxygen atoms in total. The Kier molecular flexibility index (Phi) is 33.3. The summed E-state index contributed by atoms with van der Waals surface area (Å²) in [5.74, 6) is -0.822. The molecule has 0 amide bonds. The zero-order valence-electron chi connectivity index (χ0n) is 30.4. The first-order chi connectivity index (χ1) is 22.8. The molecule has 0 aliphatic carbocycles. The first kappa shape index (κ1) is 45.5. The summed E-state index contributed by atoms with van der Waals surface area (Å²) < 4.78 is 31.8. The lowest BCUT2D eigenvalue weighted by Crippen LogP contribution is -2.29. The van der Waals surface area contributed by atoms with Crippen LogP contribution in [0.3, 0.4) is 0 Å². The summed E-state index contributed by atoms with van der Waals surface area (Å²) in [5, 5.41) is 0. The molecule has 0 radical (unpaired) electrons. The van der Waals surface area contributed by atoms with Crippen LogP contribution in [0.2, 0.25) is 0 Å². The summed E-state index contributed by atoms with van der Waals surface area (Å²) in [5.41, 5.74) is 0. The third kappa shape index (κ3) is 34.2. The van der Waals surface area contributed by atoms with E-state index in [0.717, 1.165) is 77.7 Å². The van der Waals surface area contributed by atoms with Gasteiger partial charge in [0.1, 0.15) is 6.61 Å². The van der Waals surface area contributed by atoms with Crippen LogP contribution in [0.1, 0.15) is 181 Å². The lowest BCUT2D eigenvalue weighted by atomic mass is 10.1. The molecule has 2 unspecified atom stereocenters. The molecule has 0 spiro atoms. The lowest BCUT2D eigenvalue weighted by molar-refractivity contribution is -0.161. The van der Waals surface area contributed by atoms with E-state index >= 15 is 0 Å². The summed E-state index contributed by atoms with van der Waals surface area (Å²) in [6, 6.07) is 0. The van der Waals surface area contributed by atoms with E-state index in [0.29, 0.717) is 6.42 Å². The lowest BCUT2D eigenvalue weighted by Gasteiger charge is -2.19. The van der Waals surface area contributed by atoms with E-state index in [1.54, 1.807) is 0 Å². The Hall–Kier alpha value is -1.47. The molecular formula is C38H71O8P. The van der Waals surface area contributed by atoms with Crippen molar-refractivity contribution >= 4 is 19.8 Å². The second-order valence-corrected chi connectivity index (χ2v) is 14.3. The number of esters is 2. The van der Waals surface area contributed by atoms with Crippen molar-refractivity contribution in [2.75, 3.05) is 20.3 Å². The summed E-state index contributed by atoms with van der Waals surface area (Å²) in [6.07, 6.45) is 36.5. The van der Waals surface area contributed by atoms with Gasteiger partial charge >= 0.3 is 19.8 Å². The van der Waals surface area contributed by atoms with Gasteiger partial charge in [-0.15, -0.1) is 0 Å². The number of unbranched alkanes of at least 4 members (excludes halogenated alkanes) is 20. The van der Waals surface area contributed by atoms with Crippen LogP contribution in [-0.4, -0.2) is 43.3 Å². The van der Waals surface area contributed by atoms with E-state index in [1.165, 1.54) is 77.0 Å². The maximum absolute atomic E-state index is 12.4. The monoisotopic (exact) mass is 686 g/mol. The fourth-order valence-electron chi connectivity index (χ4n) is 5.18. The molecule has 0 aromatic carbocycles. The minimum Gasteiger partial charge on any atom is -0.462 e. The molecule has 0 aromatic rings. The molecule has 0 saturated carbocycles. The third-order valence-corrected chi connectivity index (χ3v) is 9.10. The Balaban J connectivity index is 4.08. The van der Waals surface area contributed by atoms with Gasteiger partial charge in [-0.3, -0.25) is 18.6 Å². The second-order valence-electron chi connectivity index (χ2n) is 12.7. The normalized spacial score (nSPS) is 13.7. The van der Waals surface area contributed by atoms with Gasteiger partial charge in [0.15, 0.2) is 6.10 Å². The minimum absolute atomic E-state index is 0.231. The van der Waals surface area contributed by atoms with Crippen molar-refractivity contribution in [1.29, 1.82) is 0 Å². The SMILES string of the molecule is CCCCCCC/C=C\CCCCCCCC(=O)OCC(COP(=O)(O)OC)OC(=O)CCCCCCC/C=C\CCCCCCC. The van der Waals surface area contributed by atoms with E-state index in [2.05, 4.69) is 42.7 Å². The Labute approximate surface area is 288 Å². The molecule has 2 atom stereocenters. The molecular weight excluding hydrogens is 615 g/mol. The number of hydrogen-bond donors (Lipinski definition) is 1. The van der Waals surface area contributed by atoms with Gasteiger partial charge in [0.25, 0.3) is 0 Å². The second kappa shape index (κ2) is 34.4. The van der Waals surface area contributed by atoms with E-state index in [-0.39, 0.29) is 25.4 Å². The molecule has 276 valence electrons.